The van der Waals surface area contributed by atoms with E-state index in [4.69, 9.17) is 14.1 Å². The third-order valence-electron chi connectivity index (χ3n) is 5.84. The Kier molecular flexibility index (Phi) is 5.46. The summed E-state index contributed by atoms with van der Waals surface area (Å²) in [5.74, 6) is 1.94. The first kappa shape index (κ1) is 20.1. The van der Waals surface area contributed by atoms with Crippen LogP contribution in [0.15, 0.2) is 89.3 Å². The molecule has 1 aromatic heterocycles. The third kappa shape index (κ3) is 3.78. The number of likely N-dealkylation sites (tertiary alicyclic amines) is 1. The zero-order valence-corrected chi connectivity index (χ0v) is 17.9. The number of hydrogen-bond donors (Lipinski definition) is 0. The maximum absolute atomic E-state index is 13.3. The average Bonchev–Trinajstić information content (AvgIpc) is 3.52. The molecule has 1 aliphatic heterocycles. The van der Waals surface area contributed by atoms with Gasteiger partial charge >= 0.3 is 0 Å². The molecule has 160 valence electrons. The normalized spacial score (nSPS) is 15.7. The van der Waals surface area contributed by atoms with E-state index in [1.807, 2.05) is 83.8 Å². The van der Waals surface area contributed by atoms with E-state index in [9.17, 15) is 4.79 Å². The maximum Gasteiger partial charge on any atom is 0.254 e. The fourth-order valence-electron chi connectivity index (χ4n) is 4.24. The Labute approximate surface area is 187 Å². The summed E-state index contributed by atoms with van der Waals surface area (Å²) in [6.45, 7) is 0.671. The molecule has 2 heterocycles. The van der Waals surface area contributed by atoms with Gasteiger partial charge in [-0.15, -0.1) is 0 Å². The molecule has 0 radical (unpaired) electrons. The van der Waals surface area contributed by atoms with E-state index in [-0.39, 0.29) is 11.9 Å². The Morgan fingerprint density at radius 1 is 0.969 bits per heavy atom. The number of oxazole rings is 1. The van der Waals surface area contributed by atoms with Crippen LogP contribution in [-0.2, 0) is 0 Å². The van der Waals surface area contributed by atoms with Gasteiger partial charge in [-0.1, -0.05) is 66.7 Å². The zero-order valence-electron chi connectivity index (χ0n) is 17.9. The van der Waals surface area contributed by atoms with Gasteiger partial charge in [0.2, 0.25) is 5.89 Å². The van der Waals surface area contributed by atoms with Crippen molar-refractivity contribution in [3.05, 3.63) is 96.4 Å². The SMILES string of the molecule is COc1cccc(C(=O)N2CCCC2c2nc(-c3ccccc3)c(-c3ccccc3)o2)c1. The Morgan fingerprint density at radius 2 is 1.69 bits per heavy atom. The lowest BCUT2D eigenvalue weighted by molar-refractivity contribution is 0.0715. The van der Waals surface area contributed by atoms with Crippen LogP contribution < -0.4 is 4.74 Å². The topological polar surface area (TPSA) is 55.6 Å². The predicted molar refractivity (Wildman–Crippen MR) is 123 cm³/mol. The second kappa shape index (κ2) is 8.71. The van der Waals surface area contributed by atoms with Crippen LogP contribution in [0.4, 0.5) is 0 Å². The van der Waals surface area contributed by atoms with Crippen LogP contribution in [0.2, 0.25) is 0 Å². The van der Waals surface area contributed by atoms with Crippen LogP contribution in [-0.4, -0.2) is 29.4 Å². The molecule has 5 nitrogen and oxygen atoms in total. The van der Waals surface area contributed by atoms with Crippen molar-refractivity contribution < 1.29 is 13.9 Å². The molecule has 5 heteroatoms. The van der Waals surface area contributed by atoms with Crippen LogP contribution in [0.1, 0.15) is 35.1 Å². The molecule has 0 spiro atoms. The van der Waals surface area contributed by atoms with E-state index >= 15 is 0 Å². The molecule has 1 saturated heterocycles. The Hall–Kier alpha value is -3.86. The van der Waals surface area contributed by atoms with Gasteiger partial charge in [0.15, 0.2) is 5.76 Å². The van der Waals surface area contributed by atoms with E-state index in [1.165, 1.54) is 0 Å². The van der Waals surface area contributed by atoms with Crippen molar-refractivity contribution in [2.24, 2.45) is 0 Å². The van der Waals surface area contributed by atoms with Crippen LogP contribution in [0.5, 0.6) is 5.75 Å². The fraction of sp³-hybridized carbons (Fsp3) is 0.185. The van der Waals surface area contributed by atoms with Gasteiger partial charge in [-0.3, -0.25) is 4.79 Å². The summed E-state index contributed by atoms with van der Waals surface area (Å²) in [7, 11) is 1.60. The molecule has 4 aromatic rings. The van der Waals surface area contributed by atoms with Gasteiger partial charge in [-0.2, -0.15) is 0 Å². The summed E-state index contributed by atoms with van der Waals surface area (Å²) >= 11 is 0. The first-order chi connectivity index (χ1) is 15.7. The second-order valence-corrected chi connectivity index (χ2v) is 7.85. The molecule has 3 aromatic carbocycles. The maximum atomic E-state index is 13.3. The van der Waals surface area contributed by atoms with E-state index in [0.717, 1.165) is 35.4 Å². The van der Waals surface area contributed by atoms with Crippen molar-refractivity contribution in [2.75, 3.05) is 13.7 Å². The number of ether oxygens (including phenoxy) is 1. The van der Waals surface area contributed by atoms with E-state index < -0.39 is 0 Å². The smallest absolute Gasteiger partial charge is 0.254 e. The summed E-state index contributed by atoms with van der Waals surface area (Å²) in [5, 5.41) is 0. The van der Waals surface area contributed by atoms with E-state index in [2.05, 4.69) is 0 Å². The number of carbonyl (C=O) groups is 1. The van der Waals surface area contributed by atoms with Gasteiger partial charge in [0.1, 0.15) is 17.5 Å². The minimum absolute atomic E-state index is 0.0351. The summed E-state index contributed by atoms with van der Waals surface area (Å²) in [5.41, 5.74) is 3.36. The highest BCUT2D eigenvalue weighted by molar-refractivity contribution is 5.95. The van der Waals surface area contributed by atoms with Crippen LogP contribution >= 0.6 is 0 Å². The number of aromatic nitrogens is 1. The van der Waals surface area contributed by atoms with E-state index in [0.29, 0.717) is 23.7 Å². The largest absolute Gasteiger partial charge is 0.497 e. The van der Waals surface area contributed by atoms with Crippen molar-refractivity contribution in [3.63, 3.8) is 0 Å². The molecule has 0 N–H and O–H groups in total. The molecule has 32 heavy (non-hydrogen) atoms. The standard InChI is InChI=1S/C27H24N2O3/c1-31-22-15-8-14-21(18-22)27(30)29-17-9-16-23(29)26-28-24(19-10-4-2-5-11-19)25(32-26)20-12-6-3-7-13-20/h2-8,10-15,18,23H,9,16-17H2,1H3. The molecule has 0 saturated carbocycles. The average molecular weight is 425 g/mol. The van der Waals surface area contributed by atoms with Crippen LogP contribution in [0.3, 0.4) is 0 Å². The molecular formula is C27H24N2O3. The molecule has 1 aliphatic rings. The Bertz CT molecular complexity index is 1160. The lowest BCUT2D eigenvalue weighted by Gasteiger charge is -2.22. The number of methoxy groups -OCH3 is 1. The monoisotopic (exact) mass is 424 g/mol. The quantitative estimate of drug-likeness (QED) is 0.395. The number of carbonyl (C=O) groups excluding carboxylic acids is 1. The lowest BCUT2D eigenvalue weighted by Crippen LogP contribution is -2.30. The van der Waals surface area contributed by atoms with Gasteiger partial charge in [0, 0.05) is 23.2 Å². The second-order valence-electron chi connectivity index (χ2n) is 7.85. The number of hydrogen-bond acceptors (Lipinski definition) is 4. The van der Waals surface area contributed by atoms with Gasteiger partial charge < -0.3 is 14.1 Å². The van der Waals surface area contributed by atoms with Gasteiger partial charge in [0.25, 0.3) is 5.91 Å². The van der Waals surface area contributed by atoms with Crippen molar-refractivity contribution in [3.8, 4) is 28.3 Å². The predicted octanol–water partition coefficient (Wildman–Crippen LogP) is 5.99. The van der Waals surface area contributed by atoms with Crippen molar-refractivity contribution >= 4 is 5.91 Å². The van der Waals surface area contributed by atoms with Crippen molar-refractivity contribution in [2.45, 2.75) is 18.9 Å². The third-order valence-corrected chi connectivity index (χ3v) is 5.84. The van der Waals surface area contributed by atoms with E-state index in [1.54, 1.807) is 13.2 Å². The molecule has 0 aliphatic carbocycles. The molecule has 1 atom stereocenters. The summed E-state index contributed by atoms with van der Waals surface area (Å²) in [4.78, 5) is 20.1. The fourth-order valence-corrected chi connectivity index (χ4v) is 4.24. The van der Waals surface area contributed by atoms with Gasteiger partial charge in [-0.25, -0.2) is 4.98 Å². The Balaban J connectivity index is 1.54. The zero-order chi connectivity index (χ0) is 21.9. The number of amides is 1. The molecule has 1 fully saturated rings. The van der Waals surface area contributed by atoms with Gasteiger partial charge in [0.05, 0.1) is 7.11 Å². The highest BCUT2D eigenvalue weighted by Crippen LogP contribution is 2.39. The van der Waals surface area contributed by atoms with Gasteiger partial charge in [-0.05, 0) is 31.0 Å². The lowest BCUT2D eigenvalue weighted by atomic mass is 10.1. The number of nitrogens with zero attached hydrogens (tertiary/aromatic N) is 2. The van der Waals surface area contributed by atoms with Crippen molar-refractivity contribution in [1.82, 2.24) is 9.88 Å². The first-order valence-corrected chi connectivity index (χ1v) is 10.8. The summed E-state index contributed by atoms with van der Waals surface area (Å²) in [6.07, 6.45) is 1.72. The minimum Gasteiger partial charge on any atom is -0.497 e. The van der Waals surface area contributed by atoms with Crippen LogP contribution in [0, 0.1) is 0 Å². The molecular weight excluding hydrogens is 400 g/mol. The Morgan fingerprint density at radius 3 is 2.41 bits per heavy atom. The first-order valence-electron chi connectivity index (χ1n) is 10.8. The summed E-state index contributed by atoms with van der Waals surface area (Å²) in [6, 6.07) is 27.1. The highest BCUT2D eigenvalue weighted by Gasteiger charge is 2.35. The minimum atomic E-state index is -0.200. The molecule has 5 rings (SSSR count). The van der Waals surface area contributed by atoms with Crippen molar-refractivity contribution in [1.29, 1.82) is 0 Å². The molecule has 1 unspecified atom stereocenters. The number of rotatable bonds is 5. The number of benzene rings is 3. The molecule has 0 bridgehead atoms. The molecule has 1 amide bonds. The van der Waals surface area contributed by atoms with Crippen LogP contribution in [0.25, 0.3) is 22.6 Å². The highest BCUT2D eigenvalue weighted by atomic mass is 16.5. The summed E-state index contributed by atoms with van der Waals surface area (Å²) < 4.78 is 11.7.